The molecule has 6 atom stereocenters. The van der Waals surface area contributed by atoms with Crippen LogP contribution in [0.1, 0.15) is 37.0 Å². The summed E-state index contributed by atoms with van der Waals surface area (Å²) in [5, 5.41) is 33.5. The van der Waals surface area contributed by atoms with E-state index < -0.39 is 63.0 Å². The number of likely N-dealkylation sites (tertiary alicyclic amines) is 1. The average molecular weight is 817 g/mol. The van der Waals surface area contributed by atoms with Gasteiger partial charge in [-0.05, 0) is 42.7 Å². The molecule has 18 heteroatoms. The number of Topliss-reactive ketones (excluding diaryl/α,β-unsaturated/α-hetero) is 1. The molecule has 3 aromatic rings. The van der Waals surface area contributed by atoms with E-state index in [1.165, 1.54) is 40.9 Å². The van der Waals surface area contributed by atoms with Gasteiger partial charge in [-0.1, -0.05) is 60.7 Å². The number of hydrogen-bond donors (Lipinski definition) is 3. The van der Waals surface area contributed by atoms with Crippen LogP contribution in [0.2, 0.25) is 0 Å². The molecule has 3 amide bonds. The SMILES string of the molecule is CC1(C)S[C@@H]2[C@H](CC(=O)Cc3ccccc3)C(=O)N2[C@H]1C(=O)[O-].O=C(Cc1ccccc1)N[C@@H]1C(=O)N(C(O)C(=O)OCc2ccc([N+](=O)[O-])cc2)[C@@H]1S.[K+]. The molecule has 0 spiro atoms. The number of β-lactam (4-membered cyclic amide) rings is 2. The number of aliphatic hydroxyl groups is 1. The number of carbonyl (C=O) groups excluding carboxylic acids is 6. The molecule has 0 saturated carbocycles. The Bertz CT molecular complexity index is 1920. The Kier molecular flexibility index (Phi) is 15.2. The first-order chi connectivity index (χ1) is 25.6. The monoisotopic (exact) mass is 816 g/mol. The topological polar surface area (TPSA) is 217 Å². The first-order valence-electron chi connectivity index (χ1n) is 16.8. The molecule has 2 N–H and O–H groups in total. The van der Waals surface area contributed by atoms with Gasteiger partial charge in [0.1, 0.15) is 23.8 Å². The molecular weight excluding hydrogens is 780 g/mol. The van der Waals surface area contributed by atoms with E-state index in [1.54, 1.807) is 38.1 Å². The Labute approximate surface area is 368 Å². The van der Waals surface area contributed by atoms with Crippen molar-refractivity contribution in [3.8, 4) is 0 Å². The van der Waals surface area contributed by atoms with Crippen molar-refractivity contribution in [2.24, 2.45) is 5.92 Å². The summed E-state index contributed by atoms with van der Waals surface area (Å²) in [6, 6.07) is 21.8. The van der Waals surface area contributed by atoms with Gasteiger partial charge < -0.3 is 30.0 Å². The third kappa shape index (κ3) is 10.4. The number of carbonyl (C=O) groups is 6. The van der Waals surface area contributed by atoms with Crippen LogP contribution in [0.3, 0.4) is 0 Å². The summed E-state index contributed by atoms with van der Waals surface area (Å²) in [6.07, 6.45) is -1.35. The molecule has 3 aliphatic rings. The largest absolute Gasteiger partial charge is 1.00 e. The Morgan fingerprint density at radius 2 is 1.49 bits per heavy atom. The number of amides is 3. The number of hydrogen-bond acceptors (Lipinski definition) is 13. The van der Waals surface area contributed by atoms with Crippen LogP contribution in [0.15, 0.2) is 84.9 Å². The van der Waals surface area contributed by atoms with E-state index >= 15 is 0 Å². The first kappa shape index (κ1) is 44.1. The Morgan fingerprint density at radius 1 is 0.927 bits per heavy atom. The molecule has 0 aromatic heterocycles. The van der Waals surface area contributed by atoms with E-state index in [1.807, 2.05) is 36.4 Å². The second-order valence-corrected chi connectivity index (χ2v) is 15.7. The molecule has 3 fully saturated rings. The minimum absolute atomic E-state index is 0. The number of fused-ring (bicyclic) bond motifs is 1. The molecule has 3 aliphatic heterocycles. The summed E-state index contributed by atoms with van der Waals surface area (Å²) in [4.78, 5) is 84.7. The van der Waals surface area contributed by atoms with Gasteiger partial charge in [0.15, 0.2) is 0 Å². The normalized spacial score (nSPS) is 22.3. The molecule has 55 heavy (non-hydrogen) atoms. The van der Waals surface area contributed by atoms with Crippen molar-refractivity contribution in [1.82, 2.24) is 15.1 Å². The number of nitrogens with one attached hydrogen (secondary N) is 1. The molecule has 0 aliphatic carbocycles. The maximum absolute atomic E-state index is 12.3. The van der Waals surface area contributed by atoms with Crippen LogP contribution >= 0.6 is 24.4 Å². The smallest absolute Gasteiger partial charge is 0.548 e. The number of ether oxygens (including phenoxy) is 1. The first-order valence-corrected chi connectivity index (χ1v) is 18.2. The fourth-order valence-corrected chi connectivity index (χ4v) is 8.48. The maximum Gasteiger partial charge on any atom is 1.00 e. The van der Waals surface area contributed by atoms with Crippen molar-refractivity contribution in [1.29, 1.82) is 0 Å². The number of thioether (sulfide) groups is 1. The van der Waals surface area contributed by atoms with E-state index in [0.717, 1.165) is 16.0 Å². The van der Waals surface area contributed by atoms with Crippen molar-refractivity contribution >= 4 is 65.5 Å². The Hall–Kier alpha value is -3.62. The van der Waals surface area contributed by atoms with Crippen LogP contribution in [-0.4, -0.2) is 89.1 Å². The van der Waals surface area contributed by atoms with Crippen molar-refractivity contribution in [2.45, 2.75) is 73.5 Å². The molecule has 6 rings (SSSR count). The predicted octanol–water partition coefficient (Wildman–Crippen LogP) is -1.60. The molecule has 3 aromatic carbocycles. The molecule has 284 valence electrons. The van der Waals surface area contributed by atoms with Crippen LogP contribution in [0, 0.1) is 16.0 Å². The van der Waals surface area contributed by atoms with Gasteiger partial charge >= 0.3 is 57.4 Å². The Morgan fingerprint density at radius 3 is 2.02 bits per heavy atom. The van der Waals surface area contributed by atoms with Crippen LogP contribution < -0.4 is 61.8 Å². The van der Waals surface area contributed by atoms with Gasteiger partial charge in [-0.15, -0.1) is 11.8 Å². The average Bonchev–Trinajstić information content (AvgIpc) is 3.40. The van der Waals surface area contributed by atoms with Gasteiger partial charge in [-0.2, -0.15) is 12.6 Å². The number of ketones is 1. The van der Waals surface area contributed by atoms with E-state index in [9.17, 15) is 49.1 Å². The van der Waals surface area contributed by atoms with Crippen molar-refractivity contribution in [2.75, 3.05) is 0 Å². The van der Waals surface area contributed by atoms with Gasteiger partial charge in [0.25, 0.3) is 11.6 Å². The van der Waals surface area contributed by atoms with E-state index in [2.05, 4.69) is 17.9 Å². The molecule has 15 nitrogen and oxygen atoms in total. The third-order valence-electron chi connectivity index (χ3n) is 9.10. The summed E-state index contributed by atoms with van der Waals surface area (Å²) in [5.41, 5.74) is 2.05. The predicted molar refractivity (Wildman–Crippen MR) is 195 cm³/mol. The second kappa shape index (κ2) is 19.0. The van der Waals surface area contributed by atoms with Gasteiger partial charge in [0, 0.05) is 29.7 Å². The molecule has 3 heterocycles. The molecular formula is C37H37KN4O11S2. The maximum atomic E-state index is 12.3. The second-order valence-electron chi connectivity index (χ2n) is 13.4. The zero-order chi connectivity index (χ0) is 39.3. The number of carboxylic acid groups (broad SMARTS) is 1. The van der Waals surface area contributed by atoms with E-state index in [4.69, 9.17) is 4.74 Å². The number of thiol groups is 1. The van der Waals surface area contributed by atoms with E-state index in [0.29, 0.717) is 12.0 Å². The molecule has 0 radical (unpaired) electrons. The number of nitro benzene ring substituents is 1. The number of rotatable bonds is 13. The van der Waals surface area contributed by atoms with Gasteiger partial charge in [0.2, 0.25) is 18.0 Å². The van der Waals surface area contributed by atoms with Gasteiger partial charge in [0.05, 0.1) is 34.6 Å². The van der Waals surface area contributed by atoms with Crippen molar-refractivity contribution < 1.29 is 100 Å². The molecule has 3 saturated heterocycles. The van der Waals surface area contributed by atoms with E-state index in [-0.39, 0.29) is 93.6 Å². The van der Waals surface area contributed by atoms with Crippen LogP contribution in [0.4, 0.5) is 5.69 Å². The molecule has 1 unspecified atom stereocenters. The number of esters is 1. The van der Waals surface area contributed by atoms with Gasteiger partial charge in [-0.3, -0.25) is 34.2 Å². The van der Waals surface area contributed by atoms with Crippen molar-refractivity contribution in [3.05, 3.63) is 112 Å². The van der Waals surface area contributed by atoms with Gasteiger partial charge in [-0.25, -0.2) is 4.79 Å². The number of nitro groups is 1. The quantitative estimate of drug-likeness (QED) is 0.0445. The van der Waals surface area contributed by atoms with Crippen LogP contribution in [0.5, 0.6) is 0 Å². The van der Waals surface area contributed by atoms with Crippen molar-refractivity contribution in [3.63, 3.8) is 0 Å². The summed E-state index contributed by atoms with van der Waals surface area (Å²) in [5.74, 6) is -4.03. The standard InChI is InChI=1S/C20H19N3O7S.C17H19NO4S.K/c24-15(10-12-4-2-1-3-5-12)21-16-17(25)22(19(16)31)18(26)20(27)30-11-13-6-8-14(9-7-13)23(28)29;1-17(2)13(16(21)22)18-14(20)12(15(18)23-17)9-11(19)8-10-6-4-3-5-7-10;/h1-9,16,18-19,26,31H,10-11H2,(H,21,24);3-7,12-13,15H,8-9H2,1-2H3,(H,21,22);/q;;+1/p-1/t16-,18?,19-;12-,13+,15-;/m11./s1. The Balaban J connectivity index is 0.000000250. The summed E-state index contributed by atoms with van der Waals surface area (Å²) in [6.45, 7) is 3.35. The summed E-state index contributed by atoms with van der Waals surface area (Å²) in [7, 11) is 0. The number of aliphatic hydroxyl groups excluding tert-OH is 1. The minimum Gasteiger partial charge on any atom is -0.548 e. The number of aliphatic carboxylic acids is 1. The number of non-ortho nitro benzene ring substituents is 1. The summed E-state index contributed by atoms with van der Waals surface area (Å²) >= 11 is 5.64. The third-order valence-corrected chi connectivity index (χ3v) is 11.3. The fourth-order valence-electron chi connectivity index (χ4n) is 6.36. The number of benzene rings is 3. The fraction of sp³-hybridized carbons (Fsp3) is 0.351. The summed E-state index contributed by atoms with van der Waals surface area (Å²) < 4.78 is 4.36. The zero-order valence-corrected chi connectivity index (χ0v) is 34.9. The zero-order valence-electron chi connectivity index (χ0n) is 30.1. The number of nitrogens with zero attached hydrogens (tertiary/aromatic N) is 3. The van der Waals surface area contributed by atoms with Crippen LogP contribution in [0.25, 0.3) is 0 Å². The van der Waals surface area contributed by atoms with Crippen LogP contribution in [-0.2, 0) is 53.0 Å². The minimum atomic E-state index is -1.89. The molecule has 0 bridgehead atoms. The number of carboxylic acids is 1.